The molecule has 0 saturated carbocycles. The summed E-state index contributed by atoms with van der Waals surface area (Å²) in [6.07, 6.45) is 2.28. The van der Waals surface area contributed by atoms with Crippen LogP contribution >= 0.6 is 0 Å². The molecule has 1 N–H and O–H groups in total. The van der Waals surface area contributed by atoms with Gasteiger partial charge in [0.2, 0.25) is 0 Å². The SMILES string of the molecule is COc1ccc(NC(=O)N2C[C@H]3CCCN3c3ccccc32)c(OC)c1. The first-order valence-electron chi connectivity index (χ1n) is 8.87. The largest absolute Gasteiger partial charge is 0.497 e. The minimum atomic E-state index is -0.146. The van der Waals surface area contributed by atoms with Gasteiger partial charge in [-0.25, -0.2) is 4.79 Å². The predicted octanol–water partition coefficient (Wildman–Crippen LogP) is 3.72. The lowest BCUT2D eigenvalue weighted by Crippen LogP contribution is -2.49. The molecule has 0 radical (unpaired) electrons. The molecule has 1 saturated heterocycles. The Labute approximate surface area is 153 Å². The highest BCUT2D eigenvalue weighted by Crippen LogP contribution is 2.39. The van der Waals surface area contributed by atoms with Crippen LogP contribution in [0.4, 0.5) is 21.9 Å². The van der Waals surface area contributed by atoms with Gasteiger partial charge in [-0.3, -0.25) is 4.90 Å². The molecule has 2 heterocycles. The Morgan fingerprint density at radius 2 is 1.92 bits per heavy atom. The summed E-state index contributed by atoms with van der Waals surface area (Å²) in [6, 6.07) is 13.7. The number of para-hydroxylation sites is 2. The zero-order chi connectivity index (χ0) is 18.1. The number of hydrogen-bond donors (Lipinski definition) is 1. The van der Waals surface area contributed by atoms with Gasteiger partial charge in [0.25, 0.3) is 0 Å². The molecule has 0 spiro atoms. The Morgan fingerprint density at radius 3 is 2.69 bits per heavy atom. The van der Waals surface area contributed by atoms with Crippen molar-refractivity contribution in [1.29, 1.82) is 0 Å². The molecule has 0 aromatic heterocycles. The summed E-state index contributed by atoms with van der Waals surface area (Å²) in [5, 5.41) is 2.99. The number of hydrogen-bond acceptors (Lipinski definition) is 4. The van der Waals surface area contributed by atoms with Crippen LogP contribution in [-0.4, -0.2) is 39.4 Å². The van der Waals surface area contributed by atoms with Crippen LogP contribution in [0.2, 0.25) is 0 Å². The van der Waals surface area contributed by atoms with Crippen molar-refractivity contribution in [3.05, 3.63) is 42.5 Å². The predicted molar refractivity (Wildman–Crippen MR) is 103 cm³/mol. The highest BCUT2D eigenvalue weighted by Gasteiger charge is 2.36. The topological polar surface area (TPSA) is 54.0 Å². The van der Waals surface area contributed by atoms with Crippen LogP contribution in [0, 0.1) is 0 Å². The van der Waals surface area contributed by atoms with E-state index in [9.17, 15) is 4.79 Å². The Kier molecular flexibility index (Phi) is 4.32. The van der Waals surface area contributed by atoms with Gasteiger partial charge in [-0.05, 0) is 37.1 Å². The maximum atomic E-state index is 13.1. The lowest BCUT2D eigenvalue weighted by Gasteiger charge is -2.40. The standard InChI is InChI=1S/C20H23N3O3/c1-25-15-9-10-16(19(12-15)26-2)21-20(24)23-13-14-6-5-11-22(14)17-7-3-4-8-18(17)23/h3-4,7-10,12,14H,5-6,11,13H2,1-2H3,(H,21,24)/t14-/m1/s1. The maximum Gasteiger partial charge on any atom is 0.326 e. The van der Waals surface area contributed by atoms with Gasteiger partial charge in [-0.1, -0.05) is 12.1 Å². The first kappa shape index (κ1) is 16.6. The van der Waals surface area contributed by atoms with E-state index in [1.54, 1.807) is 32.4 Å². The number of carbonyl (C=O) groups excluding carboxylic acids is 1. The number of benzene rings is 2. The van der Waals surface area contributed by atoms with Crippen molar-refractivity contribution in [2.24, 2.45) is 0 Å². The molecule has 1 atom stereocenters. The minimum absolute atomic E-state index is 0.146. The Morgan fingerprint density at radius 1 is 1.12 bits per heavy atom. The third kappa shape index (κ3) is 2.81. The van der Waals surface area contributed by atoms with Crippen LogP contribution in [0.3, 0.4) is 0 Å². The van der Waals surface area contributed by atoms with Crippen LogP contribution in [0.1, 0.15) is 12.8 Å². The molecule has 6 nitrogen and oxygen atoms in total. The van der Waals surface area contributed by atoms with Crippen molar-refractivity contribution in [2.75, 3.05) is 42.4 Å². The summed E-state index contributed by atoms with van der Waals surface area (Å²) in [4.78, 5) is 17.3. The smallest absolute Gasteiger partial charge is 0.326 e. The molecule has 4 rings (SSSR count). The first-order valence-corrected chi connectivity index (χ1v) is 8.87. The fourth-order valence-electron chi connectivity index (χ4n) is 3.86. The normalized spacial score (nSPS) is 18.2. The van der Waals surface area contributed by atoms with E-state index < -0.39 is 0 Å². The van der Waals surface area contributed by atoms with Gasteiger partial charge < -0.3 is 19.7 Å². The molecule has 2 aliphatic rings. The number of carbonyl (C=O) groups is 1. The second kappa shape index (κ2) is 6.78. The van der Waals surface area contributed by atoms with Crippen LogP contribution in [0.15, 0.2) is 42.5 Å². The molecular formula is C20H23N3O3. The lowest BCUT2D eigenvalue weighted by molar-refractivity contribution is 0.256. The van der Waals surface area contributed by atoms with Gasteiger partial charge in [-0.2, -0.15) is 0 Å². The Hall–Kier alpha value is -2.89. The van der Waals surface area contributed by atoms with E-state index in [4.69, 9.17) is 9.47 Å². The molecule has 2 aliphatic heterocycles. The summed E-state index contributed by atoms with van der Waals surface area (Å²) in [6.45, 7) is 1.75. The van der Waals surface area contributed by atoms with Crippen molar-refractivity contribution in [3.63, 3.8) is 0 Å². The van der Waals surface area contributed by atoms with Gasteiger partial charge in [0.15, 0.2) is 0 Å². The van der Waals surface area contributed by atoms with Gasteiger partial charge >= 0.3 is 6.03 Å². The third-order valence-corrected chi connectivity index (χ3v) is 5.15. The zero-order valence-electron chi connectivity index (χ0n) is 15.1. The van der Waals surface area contributed by atoms with Crippen molar-refractivity contribution in [2.45, 2.75) is 18.9 Å². The maximum absolute atomic E-state index is 13.1. The van der Waals surface area contributed by atoms with Crippen LogP contribution in [-0.2, 0) is 0 Å². The number of urea groups is 1. The van der Waals surface area contributed by atoms with Crippen LogP contribution in [0.25, 0.3) is 0 Å². The molecule has 1 fully saturated rings. The van der Waals surface area contributed by atoms with E-state index in [0.717, 1.165) is 24.3 Å². The van der Waals surface area contributed by atoms with Crippen molar-refractivity contribution in [3.8, 4) is 11.5 Å². The quantitative estimate of drug-likeness (QED) is 0.914. The van der Waals surface area contributed by atoms with Crippen molar-refractivity contribution >= 4 is 23.1 Å². The Bertz CT molecular complexity index is 824. The van der Waals surface area contributed by atoms with Crippen LogP contribution in [0.5, 0.6) is 11.5 Å². The Balaban J connectivity index is 1.62. The first-order chi connectivity index (χ1) is 12.7. The second-order valence-corrected chi connectivity index (χ2v) is 6.59. The molecule has 6 heteroatoms. The number of fused-ring (bicyclic) bond motifs is 3. The fourth-order valence-corrected chi connectivity index (χ4v) is 3.86. The summed E-state index contributed by atoms with van der Waals surface area (Å²) in [5.74, 6) is 1.26. The number of rotatable bonds is 3. The average molecular weight is 353 g/mol. The number of amides is 2. The van der Waals surface area contributed by atoms with Gasteiger partial charge in [0, 0.05) is 25.2 Å². The highest BCUT2D eigenvalue weighted by molar-refractivity contribution is 6.05. The summed E-state index contributed by atoms with van der Waals surface area (Å²) < 4.78 is 10.6. The molecule has 2 aromatic rings. The van der Waals surface area contributed by atoms with Gasteiger partial charge in [-0.15, -0.1) is 0 Å². The summed E-state index contributed by atoms with van der Waals surface area (Å²) >= 11 is 0. The molecule has 0 bridgehead atoms. The highest BCUT2D eigenvalue weighted by atomic mass is 16.5. The number of nitrogens with one attached hydrogen (secondary N) is 1. The van der Waals surface area contributed by atoms with E-state index in [1.807, 2.05) is 23.1 Å². The van der Waals surface area contributed by atoms with E-state index in [2.05, 4.69) is 16.3 Å². The molecule has 2 aromatic carbocycles. The van der Waals surface area contributed by atoms with Crippen molar-refractivity contribution in [1.82, 2.24) is 0 Å². The molecular weight excluding hydrogens is 330 g/mol. The van der Waals surface area contributed by atoms with E-state index in [-0.39, 0.29) is 6.03 Å². The molecule has 26 heavy (non-hydrogen) atoms. The van der Waals surface area contributed by atoms with E-state index >= 15 is 0 Å². The van der Waals surface area contributed by atoms with E-state index in [0.29, 0.717) is 29.8 Å². The monoisotopic (exact) mass is 353 g/mol. The number of nitrogens with zero attached hydrogens (tertiary/aromatic N) is 2. The fraction of sp³-hybridized carbons (Fsp3) is 0.350. The molecule has 0 aliphatic carbocycles. The lowest BCUT2D eigenvalue weighted by atomic mass is 10.1. The second-order valence-electron chi connectivity index (χ2n) is 6.59. The average Bonchev–Trinajstić information content (AvgIpc) is 3.16. The summed E-state index contributed by atoms with van der Waals surface area (Å²) in [7, 11) is 3.18. The number of methoxy groups -OCH3 is 2. The summed E-state index contributed by atoms with van der Waals surface area (Å²) in [5.41, 5.74) is 2.72. The minimum Gasteiger partial charge on any atom is -0.497 e. The molecule has 136 valence electrons. The number of anilines is 3. The third-order valence-electron chi connectivity index (χ3n) is 5.15. The van der Waals surface area contributed by atoms with E-state index in [1.165, 1.54) is 6.42 Å². The zero-order valence-corrected chi connectivity index (χ0v) is 15.1. The van der Waals surface area contributed by atoms with Crippen LogP contribution < -0.4 is 24.6 Å². The van der Waals surface area contributed by atoms with Gasteiger partial charge in [0.05, 0.1) is 31.3 Å². The number of ether oxygens (including phenoxy) is 2. The molecule has 2 amide bonds. The van der Waals surface area contributed by atoms with Gasteiger partial charge in [0.1, 0.15) is 11.5 Å². The molecule has 0 unspecified atom stereocenters. The van der Waals surface area contributed by atoms with Crippen molar-refractivity contribution < 1.29 is 14.3 Å².